The van der Waals surface area contributed by atoms with E-state index in [0.29, 0.717) is 5.69 Å². The maximum atomic E-state index is 12.7. The number of nitrogen functional groups attached to an aromatic ring is 1. The number of halogens is 3. The molecule has 1 saturated heterocycles. The van der Waals surface area contributed by atoms with Crippen LogP contribution in [-0.2, 0) is 6.18 Å². The number of hydrogen-bond donors (Lipinski definition) is 1. The van der Waals surface area contributed by atoms with Crippen LogP contribution in [0.2, 0.25) is 0 Å². The Labute approximate surface area is 102 Å². The molecule has 2 N–H and O–H groups in total. The van der Waals surface area contributed by atoms with Gasteiger partial charge < -0.3 is 10.6 Å². The van der Waals surface area contributed by atoms with Gasteiger partial charge in [-0.25, -0.2) is 0 Å². The van der Waals surface area contributed by atoms with Gasteiger partial charge in [-0.15, -0.1) is 0 Å². The quantitative estimate of drug-likeness (QED) is 0.789. The summed E-state index contributed by atoms with van der Waals surface area (Å²) in [6.45, 7) is 1.57. The average Bonchev–Trinajstić information content (AvgIpc) is 2.29. The lowest BCUT2D eigenvalue weighted by Crippen LogP contribution is -2.32. The highest BCUT2D eigenvalue weighted by Crippen LogP contribution is 2.36. The Balaban J connectivity index is 2.30. The van der Waals surface area contributed by atoms with E-state index >= 15 is 0 Å². The summed E-state index contributed by atoms with van der Waals surface area (Å²) in [6.07, 6.45) is -4.38. The van der Waals surface area contributed by atoms with Gasteiger partial charge in [0.2, 0.25) is 0 Å². The van der Waals surface area contributed by atoms with Gasteiger partial charge in [-0.3, -0.25) is 0 Å². The number of nitrogens with two attached hydrogens (primary N) is 1. The molecule has 0 spiro atoms. The maximum absolute atomic E-state index is 12.7. The van der Waals surface area contributed by atoms with Crippen molar-refractivity contribution >= 4 is 23.1 Å². The lowest BCUT2D eigenvalue weighted by atomic mass is 10.1. The van der Waals surface area contributed by atoms with E-state index in [-0.39, 0.29) is 5.69 Å². The molecule has 0 unspecified atom stereocenters. The van der Waals surface area contributed by atoms with Gasteiger partial charge in [0.05, 0.1) is 5.56 Å². The summed E-state index contributed by atoms with van der Waals surface area (Å²) in [4.78, 5) is 1.96. The van der Waals surface area contributed by atoms with Crippen LogP contribution in [0.3, 0.4) is 0 Å². The van der Waals surface area contributed by atoms with E-state index in [1.54, 1.807) is 6.07 Å². The van der Waals surface area contributed by atoms with E-state index in [1.807, 2.05) is 16.7 Å². The molecule has 2 nitrogen and oxygen atoms in total. The summed E-state index contributed by atoms with van der Waals surface area (Å²) >= 11 is 1.82. The number of nitrogens with zero attached hydrogens (tertiary/aromatic N) is 1. The zero-order valence-electron chi connectivity index (χ0n) is 9.13. The Bertz CT molecular complexity index is 400. The molecule has 1 aromatic carbocycles. The molecule has 0 atom stereocenters. The predicted molar refractivity (Wildman–Crippen MR) is 65.4 cm³/mol. The van der Waals surface area contributed by atoms with Crippen molar-refractivity contribution < 1.29 is 13.2 Å². The van der Waals surface area contributed by atoms with Gasteiger partial charge in [-0.1, -0.05) is 0 Å². The summed E-state index contributed by atoms with van der Waals surface area (Å²) in [6, 6.07) is 4.13. The number of hydrogen-bond acceptors (Lipinski definition) is 3. The molecule has 2 rings (SSSR count). The van der Waals surface area contributed by atoms with Crippen LogP contribution >= 0.6 is 11.8 Å². The standard InChI is InChI=1S/C11H13F3N2S/c12-11(13,14)9-7-8(1-2-10(9)15)16-3-5-17-6-4-16/h1-2,7H,3-6,15H2. The van der Waals surface area contributed by atoms with Crippen molar-refractivity contribution in [3.05, 3.63) is 23.8 Å². The topological polar surface area (TPSA) is 29.3 Å². The van der Waals surface area contributed by atoms with Crippen molar-refractivity contribution in [3.63, 3.8) is 0 Å². The van der Waals surface area contributed by atoms with Crippen molar-refractivity contribution in [2.24, 2.45) is 0 Å². The molecule has 0 bridgehead atoms. The molecule has 1 heterocycles. The highest BCUT2D eigenvalue weighted by molar-refractivity contribution is 7.99. The Hall–Kier alpha value is -1.04. The third-order valence-electron chi connectivity index (χ3n) is 2.72. The molecule has 0 saturated carbocycles. The fourth-order valence-corrected chi connectivity index (χ4v) is 2.71. The van der Waals surface area contributed by atoms with E-state index in [1.165, 1.54) is 6.07 Å². The highest BCUT2D eigenvalue weighted by atomic mass is 32.2. The van der Waals surface area contributed by atoms with Crippen molar-refractivity contribution in [1.82, 2.24) is 0 Å². The normalized spacial score (nSPS) is 17.2. The molecule has 0 radical (unpaired) electrons. The summed E-state index contributed by atoms with van der Waals surface area (Å²) < 4.78 is 38.1. The number of anilines is 2. The molecular weight excluding hydrogens is 249 g/mol. The number of rotatable bonds is 1. The van der Waals surface area contributed by atoms with Crippen LogP contribution in [-0.4, -0.2) is 24.6 Å². The smallest absolute Gasteiger partial charge is 0.398 e. The second-order valence-corrected chi connectivity index (χ2v) is 5.09. The van der Waals surface area contributed by atoms with Crippen molar-refractivity contribution in [1.29, 1.82) is 0 Å². The summed E-state index contributed by atoms with van der Waals surface area (Å²) in [5.74, 6) is 1.90. The van der Waals surface area contributed by atoms with Gasteiger partial charge in [-0.05, 0) is 18.2 Å². The Morgan fingerprint density at radius 2 is 1.82 bits per heavy atom. The van der Waals surface area contributed by atoms with Crippen LogP contribution in [0, 0.1) is 0 Å². The second kappa shape index (κ2) is 4.68. The molecule has 1 aliphatic rings. The van der Waals surface area contributed by atoms with Crippen LogP contribution < -0.4 is 10.6 Å². The molecule has 0 aromatic heterocycles. The van der Waals surface area contributed by atoms with Gasteiger partial charge in [-0.2, -0.15) is 24.9 Å². The molecule has 0 aliphatic carbocycles. The van der Waals surface area contributed by atoms with Crippen molar-refractivity contribution in [3.8, 4) is 0 Å². The third-order valence-corrected chi connectivity index (χ3v) is 3.66. The monoisotopic (exact) mass is 262 g/mol. The Morgan fingerprint density at radius 3 is 2.41 bits per heavy atom. The maximum Gasteiger partial charge on any atom is 0.418 e. The van der Waals surface area contributed by atoms with Gasteiger partial charge in [0.15, 0.2) is 0 Å². The molecule has 1 fully saturated rings. The Morgan fingerprint density at radius 1 is 1.18 bits per heavy atom. The second-order valence-electron chi connectivity index (χ2n) is 3.87. The van der Waals surface area contributed by atoms with Gasteiger partial charge in [0.25, 0.3) is 0 Å². The summed E-state index contributed by atoms with van der Waals surface area (Å²) in [5.41, 5.74) is 5.01. The fourth-order valence-electron chi connectivity index (χ4n) is 1.81. The van der Waals surface area contributed by atoms with Crippen LogP contribution in [0.4, 0.5) is 24.5 Å². The zero-order chi connectivity index (χ0) is 12.5. The predicted octanol–water partition coefficient (Wildman–Crippen LogP) is 2.84. The minimum atomic E-state index is -4.38. The highest BCUT2D eigenvalue weighted by Gasteiger charge is 2.33. The number of alkyl halides is 3. The van der Waals surface area contributed by atoms with E-state index in [0.717, 1.165) is 30.7 Å². The molecular formula is C11H13F3N2S. The van der Waals surface area contributed by atoms with Crippen LogP contribution in [0.1, 0.15) is 5.56 Å². The van der Waals surface area contributed by atoms with E-state index in [2.05, 4.69) is 0 Å². The molecule has 1 aromatic rings. The number of thioether (sulfide) groups is 1. The lowest BCUT2D eigenvalue weighted by Gasteiger charge is -2.29. The van der Waals surface area contributed by atoms with E-state index in [9.17, 15) is 13.2 Å². The van der Waals surface area contributed by atoms with Gasteiger partial charge in [0.1, 0.15) is 0 Å². The third kappa shape index (κ3) is 2.80. The molecule has 17 heavy (non-hydrogen) atoms. The lowest BCUT2D eigenvalue weighted by molar-refractivity contribution is -0.136. The van der Waals surface area contributed by atoms with Crippen LogP contribution in [0.5, 0.6) is 0 Å². The molecule has 6 heteroatoms. The summed E-state index contributed by atoms with van der Waals surface area (Å²) in [5, 5.41) is 0. The fraction of sp³-hybridized carbons (Fsp3) is 0.455. The van der Waals surface area contributed by atoms with Gasteiger partial charge in [0, 0.05) is 36.0 Å². The SMILES string of the molecule is Nc1ccc(N2CCSCC2)cc1C(F)(F)F. The van der Waals surface area contributed by atoms with Gasteiger partial charge >= 0.3 is 6.18 Å². The van der Waals surface area contributed by atoms with Crippen LogP contribution in [0.15, 0.2) is 18.2 Å². The first-order valence-electron chi connectivity index (χ1n) is 5.28. The average molecular weight is 262 g/mol. The first-order chi connectivity index (χ1) is 7.98. The van der Waals surface area contributed by atoms with Crippen LogP contribution in [0.25, 0.3) is 0 Å². The number of benzene rings is 1. The first kappa shape index (κ1) is 12.4. The van der Waals surface area contributed by atoms with E-state index < -0.39 is 11.7 Å². The molecule has 0 amide bonds. The Kier molecular flexibility index (Phi) is 3.42. The zero-order valence-corrected chi connectivity index (χ0v) is 9.94. The van der Waals surface area contributed by atoms with E-state index in [4.69, 9.17) is 5.73 Å². The molecule has 94 valence electrons. The molecule has 1 aliphatic heterocycles. The minimum absolute atomic E-state index is 0.215. The van der Waals surface area contributed by atoms with Crippen molar-refractivity contribution in [2.75, 3.05) is 35.2 Å². The minimum Gasteiger partial charge on any atom is -0.398 e. The first-order valence-corrected chi connectivity index (χ1v) is 6.43. The summed E-state index contributed by atoms with van der Waals surface area (Å²) in [7, 11) is 0. The van der Waals surface area contributed by atoms with Crippen molar-refractivity contribution in [2.45, 2.75) is 6.18 Å². The largest absolute Gasteiger partial charge is 0.418 e.